The normalized spacial score (nSPS) is 11.6. The van der Waals surface area contributed by atoms with E-state index in [1.54, 1.807) is 32.0 Å². The molecule has 0 unspecified atom stereocenters. The number of fused-ring (bicyclic) bond motifs is 1. The molecule has 2 rings (SSSR count). The SMILES string of the molecule is CCN(CC(C)(C)O)C(=O)c1c[nH]c2ccccc2c1=O. The standard InChI is InChI=1S/C16H20N2O3/c1-4-18(10-16(2,3)21)15(20)12-9-17-13-8-6-5-7-11(13)14(12)19/h5-9,21H,4,10H2,1-3H3,(H,17,19). The van der Waals surface area contributed by atoms with E-state index in [0.717, 1.165) is 0 Å². The number of para-hydroxylation sites is 1. The lowest BCUT2D eigenvalue weighted by atomic mass is 10.1. The van der Waals surface area contributed by atoms with Crippen molar-refractivity contribution in [2.45, 2.75) is 26.4 Å². The smallest absolute Gasteiger partial charge is 0.259 e. The van der Waals surface area contributed by atoms with Crippen LogP contribution in [0.3, 0.4) is 0 Å². The van der Waals surface area contributed by atoms with Crippen molar-refractivity contribution < 1.29 is 9.90 Å². The van der Waals surface area contributed by atoms with E-state index in [4.69, 9.17) is 0 Å². The number of nitrogens with one attached hydrogen (secondary N) is 1. The van der Waals surface area contributed by atoms with E-state index in [1.807, 2.05) is 13.0 Å². The maximum absolute atomic E-state index is 12.5. The molecule has 5 nitrogen and oxygen atoms in total. The first-order valence-electron chi connectivity index (χ1n) is 6.95. The number of aromatic nitrogens is 1. The average Bonchev–Trinajstić information content (AvgIpc) is 2.44. The fourth-order valence-electron chi connectivity index (χ4n) is 2.29. The number of pyridine rings is 1. The Morgan fingerprint density at radius 3 is 2.62 bits per heavy atom. The lowest BCUT2D eigenvalue weighted by Gasteiger charge is -2.28. The molecule has 5 heteroatoms. The van der Waals surface area contributed by atoms with Gasteiger partial charge in [-0.2, -0.15) is 0 Å². The minimum atomic E-state index is -1.00. The summed E-state index contributed by atoms with van der Waals surface area (Å²) in [5.74, 6) is -0.369. The summed E-state index contributed by atoms with van der Waals surface area (Å²) < 4.78 is 0. The van der Waals surface area contributed by atoms with Crippen LogP contribution in [0, 0.1) is 0 Å². The molecule has 0 aliphatic rings. The Kier molecular flexibility index (Phi) is 4.14. The van der Waals surface area contributed by atoms with Crippen LogP contribution < -0.4 is 5.43 Å². The zero-order valence-electron chi connectivity index (χ0n) is 12.5. The Bertz CT molecular complexity index is 713. The zero-order chi connectivity index (χ0) is 15.6. The molecule has 112 valence electrons. The molecular weight excluding hydrogens is 268 g/mol. The second-order valence-electron chi connectivity index (χ2n) is 5.71. The van der Waals surface area contributed by atoms with Crippen LogP contribution >= 0.6 is 0 Å². The van der Waals surface area contributed by atoms with Gasteiger partial charge in [0.15, 0.2) is 0 Å². The van der Waals surface area contributed by atoms with E-state index < -0.39 is 5.60 Å². The van der Waals surface area contributed by atoms with Crippen LogP contribution in [-0.2, 0) is 0 Å². The fourth-order valence-corrected chi connectivity index (χ4v) is 2.29. The van der Waals surface area contributed by atoms with Crippen LogP contribution in [0.25, 0.3) is 10.9 Å². The van der Waals surface area contributed by atoms with Crippen LogP contribution in [0.2, 0.25) is 0 Å². The summed E-state index contributed by atoms with van der Waals surface area (Å²) >= 11 is 0. The van der Waals surface area contributed by atoms with Crippen LogP contribution in [0.5, 0.6) is 0 Å². The minimum Gasteiger partial charge on any atom is -0.389 e. The summed E-state index contributed by atoms with van der Waals surface area (Å²) in [6.07, 6.45) is 1.44. The molecule has 0 aliphatic heterocycles. The Balaban J connectivity index is 2.43. The number of benzene rings is 1. The molecule has 0 saturated heterocycles. The molecule has 0 saturated carbocycles. The van der Waals surface area contributed by atoms with Crippen LogP contribution in [0.15, 0.2) is 35.3 Å². The highest BCUT2D eigenvalue weighted by Crippen LogP contribution is 2.11. The molecule has 0 aliphatic carbocycles. The van der Waals surface area contributed by atoms with E-state index in [-0.39, 0.29) is 23.4 Å². The number of rotatable bonds is 4. The van der Waals surface area contributed by atoms with E-state index in [9.17, 15) is 14.7 Å². The largest absolute Gasteiger partial charge is 0.389 e. The fraction of sp³-hybridized carbons (Fsp3) is 0.375. The molecule has 1 aromatic heterocycles. The lowest BCUT2D eigenvalue weighted by molar-refractivity contribution is 0.0314. The molecular formula is C16H20N2O3. The van der Waals surface area contributed by atoms with Gasteiger partial charge >= 0.3 is 0 Å². The summed E-state index contributed by atoms with van der Waals surface area (Å²) in [4.78, 5) is 29.4. The molecule has 1 aromatic carbocycles. The van der Waals surface area contributed by atoms with Gasteiger partial charge in [-0.3, -0.25) is 9.59 Å². The highest BCUT2D eigenvalue weighted by atomic mass is 16.3. The monoisotopic (exact) mass is 288 g/mol. The third kappa shape index (κ3) is 3.31. The van der Waals surface area contributed by atoms with E-state index in [0.29, 0.717) is 17.4 Å². The summed E-state index contributed by atoms with van der Waals surface area (Å²) in [7, 11) is 0. The van der Waals surface area contributed by atoms with Crippen LogP contribution in [0.1, 0.15) is 31.1 Å². The summed E-state index contributed by atoms with van der Waals surface area (Å²) in [6, 6.07) is 7.07. The molecule has 2 aromatic rings. The Hall–Kier alpha value is -2.14. The van der Waals surface area contributed by atoms with Gasteiger partial charge in [0.1, 0.15) is 5.56 Å². The zero-order valence-corrected chi connectivity index (χ0v) is 12.5. The molecule has 1 amide bonds. The van der Waals surface area contributed by atoms with Gasteiger partial charge in [-0.1, -0.05) is 12.1 Å². The molecule has 0 radical (unpaired) electrons. The first kappa shape index (κ1) is 15.3. The summed E-state index contributed by atoms with van der Waals surface area (Å²) in [5, 5.41) is 10.4. The number of carbonyl (C=O) groups excluding carboxylic acids is 1. The highest BCUT2D eigenvalue weighted by Gasteiger charge is 2.24. The van der Waals surface area contributed by atoms with Crippen molar-refractivity contribution in [3.63, 3.8) is 0 Å². The topological polar surface area (TPSA) is 73.4 Å². The van der Waals surface area contributed by atoms with E-state index in [2.05, 4.69) is 4.98 Å². The van der Waals surface area contributed by atoms with Crippen molar-refractivity contribution in [3.8, 4) is 0 Å². The predicted octanol–water partition coefficient (Wildman–Crippen LogP) is 1.76. The van der Waals surface area contributed by atoms with Gasteiger partial charge in [-0.25, -0.2) is 0 Å². The summed E-state index contributed by atoms with van der Waals surface area (Å²) in [6.45, 7) is 5.68. The number of amides is 1. The van der Waals surface area contributed by atoms with Gasteiger partial charge < -0.3 is 15.0 Å². The minimum absolute atomic E-state index is 0.0970. The van der Waals surface area contributed by atoms with E-state index in [1.165, 1.54) is 11.1 Å². The molecule has 0 spiro atoms. The van der Waals surface area contributed by atoms with Gasteiger partial charge in [0, 0.05) is 30.2 Å². The van der Waals surface area contributed by atoms with E-state index >= 15 is 0 Å². The van der Waals surface area contributed by atoms with Crippen LogP contribution in [0.4, 0.5) is 0 Å². The molecule has 0 bridgehead atoms. The number of aromatic amines is 1. The average molecular weight is 288 g/mol. The molecule has 21 heavy (non-hydrogen) atoms. The quantitative estimate of drug-likeness (QED) is 0.900. The number of hydrogen-bond donors (Lipinski definition) is 2. The lowest BCUT2D eigenvalue weighted by Crippen LogP contribution is -2.43. The van der Waals surface area contributed by atoms with Crippen molar-refractivity contribution in [1.82, 2.24) is 9.88 Å². The number of H-pyrrole nitrogens is 1. The van der Waals surface area contributed by atoms with Crippen molar-refractivity contribution in [2.24, 2.45) is 0 Å². The Morgan fingerprint density at radius 1 is 1.33 bits per heavy atom. The Labute approximate surface area is 123 Å². The third-order valence-electron chi connectivity index (χ3n) is 3.27. The maximum atomic E-state index is 12.5. The van der Waals surface area contributed by atoms with Crippen molar-refractivity contribution in [2.75, 3.05) is 13.1 Å². The number of likely N-dealkylation sites (N-methyl/N-ethyl adjacent to an activating group) is 1. The number of aliphatic hydroxyl groups is 1. The number of carbonyl (C=O) groups is 1. The predicted molar refractivity (Wildman–Crippen MR) is 82.4 cm³/mol. The maximum Gasteiger partial charge on any atom is 0.259 e. The second-order valence-corrected chi connectivity index (χ2v) is 5.71. The van der Waals surface area contributed by atoms with Gasteiger partial charge in [0.05, 0.1) is 5.60 Å². The second kappa shape index (κ2) is 5.69. The van der Waals surface area contributed by atoms with Gasteiger partial charge in [0.2, 0.25) is 5.43 Å². The third-order valence-corrected chi connectivity index (χ3v) is 3.27. The van der Waals surface area contributed by atoms with Crippen molar-refractivity contribution >= 4 is 16.8 Å². The highest BCUT2D eigenvalue weighted by molar-refractivity contribution is 5.97. The molecule has 2 N–H and O–H groups in total. The first-order chi connectivity index (χ1) is 9.83. The number of nitrogens with zero attached hydrogens (tertiary/aromatic N) is 1. The molecule has 0 fully saturated rings. The Morgan fingerprint density at radius 2 is 2.00 bits per heavy atom. The van der Waals surface area contributed by atoms with Crippen LogP contribution in [-0.4, -0.2) is 39.6 Å². The first-order valence-corrected chi connectivity index (χ1v) is 6.95. The van der Waals surface area contributed by atoms with Gasteiger partial charge in [-0.15, -0.1) is 0 Å². The summed E-state index contributed by atoms with van der Waals surface area (Å²) in [5.41, 5.74) is -0.497. The van der Waals surface area contributed by atoms with Gasteiger partial charge in [0.25, 0.3) is 5.91 Å². The molecule has 0 atom stereocenters. The number of hydrogen-bond acceptors (Lipinski definition) is 3. The van der Waals surface area contributed by atoms with Gasteiger partial charge in [-0.05, 0) is 32.9 Å². The molecule has 1 heterocycles. The van der Waals surface area contributed by atoms with Crippen molar-refractivity contribution in [1.29, 1.82) is 0 Å². The van der Waals surface area contributed by atoms with Crippen molar-refractivity contribution in [3.05, 3.63) is 46.2 Å².